The first-order chi connectivity index (χ1) is 33.3. The molecule has 5 fully saturated rings. The van der Waals surface area contributed by atoms with Gasteiger partial charge in [-0.1, -0.05) is 92.4 Å². The van der Waals surface area contributed by atoms with Crippen molar-refractivity contribution in [2.75, 3.05) is 0 Å². The highest BCUT2D eigenvalue weighted by Crippen LogP contribution is 2.37. The molecule has 5 rings (SSSR count). The summed E-state index contributed by atoms with van der Waals surface area (Å²) in [4.78, 5) is 39.6. The van der Waals surface area contributed by atoms with Crippen LogP contribution in [0.4, 0.5) is 0 Å². The Morgan fingerprint density at radius 3 is 1.70 bits per heavy atom. The van der Waals surface area contributed by atoms with Gasteiger partial charge >= 0.3 is 17.9 Å². The van der Waals surface area contributed by atoms with Crippen LogP contribution >= 0.6 is 0 Å². The maximum atomic E-state index is 13.5. The van der Waals surface area contributed by atoms with Gasteiger partial charge in [0.25, 0.3) is 0 Å². The predicted octanol–water partition coefficient (Wildman–Crippen LogP) is 3.60. The number of hydrogen-bond donors (Lipinski definition) is 6. The Hall–Kier alpha value is -2.15. The number of rotatable bonds is 14. The first-order valence-electron chi connectivity index (χ1n) is 26.2. The van der Waals surface area contributed by atoms with E-state index in [1.54, 1.807) is 34.6 Å². The third-order valence-electron chi connectivity index (χ3n) is 14.6. The highest BCUT2D eigenvalue weighted by atomic mass is 16.8. The summed E-state index contributed by atoms with van der Waals surface area (Å²) in [6, 6.07) is 0. The molecule has 70 heavy (non-hydrogen) atoms. The average Bonchev–Trinajstić information content (AvgIpc) is 3.33. The van der Waals surface area contributed by atoms with E-state index in [-0.39, 0.29) is 12.5 Å². The number of carbonyl (C=O) groups excluding carboxylic acids is 3. The van der Waals surface area contributed by atoms with E-state index < -0.39 is 153 Å². The fraction of sp³-hybridized carbons (Fsp3) is 0.940. The van der Waals surface area contributed by atoms with Gasteiger partial charge in [0.1, 0.15) is 54.9 Å². The summed E-state index contributed by atoms with van der Waals surface area (Å²) in [7, 11) is 0. The molecule has 0 amide bonds. The van der Waals surface area contributed by atoms with Gasteiger partial charge in [0.2, 0.25) is 0 Å². The lowest BCUT2D eigenvalue weighted by molar-refractivity contribution is -0.387. The van der Waals surface area contributed by atoms with Crippen LogP contribution in [0.3, 0.4) is 0 Å². The Labute approximate surface area is 413 Å². The van der Waals surface area contributed by atoms with Gasteiger partial charge < -0.3 is 82.7 Å². The second kappa shape index (κ2) is 27.9. The van der Waals surface area contributed by atoms with Gasteiger partial charge in [0.15, 0.2) is 43.5 Å². The summed E-state index contributed by atoms with van der Waals surface area (Å²) in [5, 5.41) is 69.2. The minimum atomic E-state index is -1.82. The molecule has 406 valence electrons. The predicted molar refractivity (Wildman–Crippen MR) is 247 cm³/mol. The summed E-state index contributed by atoms with van der Waals surface area (Å²) in [5.74, 6) is -3.00. The largest absolute Gasteiger partial charge is 0.457 e. The van der Waals surface area contributed by atoms with Crippen molar-refractivity contribution in [3.63, 3.8) is 0 Å². The van der Waals surface area contributed by atoms with Crippen LogP contribution in [0.25, 0.3) is 0 Å². The van der Waals surface area contributed by atoms with Crippen molar-refractivity contribution >= 4 is 17.9 Å². The molecule has 0 aliphatic carbocycles. The monoisotopic (exact) mass is 1010 g/mol. The lowest BCUT2D eigenvalue weighted by atomic mass is 9.95. The van der Waals surface area contributed by atoms with Crippen LogP contribution in [0.2, 0.25) is 0 Å². The number of unbranched alkanes of at least 4 members (excludes halogenated alkanes) is 2. The van der Waals surface area contributed by atoms with Gasteiger partial charge in [-0.2, -0.15) is 0 Å². The molecule has 23 unspecified atom stereocenters. The van der Waals surface area contributed by atoms with Crippen LogP contribution in [-0.2, 0) is 66.5 Å². The molecule has 5 aliphatic rings. The zero-order valence-corrected chi connectivity index (χ0v) is 42.8. The van der Waals surface area contributed by atoms with E-state index in [1.165, 1.54) is 13.8 Å². The van der Waals surface area contributed by atoms with E-state index in [9.17, 15) is 45.0 Å². The molecule has 0 spiro atoms. The lowest BCUT2D eigenvalue weighted by Crippen LogP contribution is -2.67. The molecule has 20 nitrogen and oxygen atoms in total. The molecular weight excluding hydrogens is 921 g/mol. The normalized spacial score (nSPS) is 42.7. The van der Waals surface area contributed by atoms with Crippen molar-refractivity contribution in [2.24, 2.45) is 11.8 Å². The third kappa shape index (κ3) is 15.2. The first kappa shape index (κ1) is 58.7. The molecule has 0 aromatic rings. The molecule has 0 saturated carbocycles. The van der Waals surface area contributed by atoms with Gasteiger partial charge in [0, 0.05) is 6.42 Å². The number of carbonyl (C=O) groups is 3. The second-order valence-electron chi connectivity index (χ2n) is 20.2. The highest BCUT2D eigenvalue weighted by molar-refractivity contribution is 5.72. The van der Waals surface area contributed by atoms with Crippen molar-refractivity contribution < 1.29 is 97.1 Å². The Kier molecular flexibility index (Phi) is 23.4. The van der Waals surface area contributed by atoms with E-state index in [2.05, 4.69) is 6.92 Å². The van der Waals surface area contributed by atoms with Crippen LogP contribution < -0.4 is 0 Å². The Morgan fingerprint density at radius 2 is 1.07 bits per heavy atom. The number of esters is 3. The maximum absolute atomic E-state index is 13.5. The van der Waals surface area contributed by atoms with Crippen LogP contribution in [0.1, 0.15) is 159 Å². The smallest absolute Gasteiger partial charge is 0.309 e. The van der Waals surface area contributed by atoms with Crippen molar-refractivity contribution in [3.05, 3.63) is 0 Å². The van der Waals surface area contributed by atoms with E-state index in [0.29, 0.717) is 19.3 Å². The van der Waals surface area contributed by atoms with E-state index in [0.717, 1.165) is 70.6 Å². The standard InChI is InChI=1S/C50H86O20/c1-10-13-19-22-31-23-20-17-15-14-16-18-21-24-32(51)65-44-37(56)40(29(8)63-50(44)70-43-34(53)33(52)27(6)60-49(43)64-31)68-48-38(57)42(67-46(59)26(5)12-3)41(30(9)62-48)69-47-36(55)35(54)39(28(7)61-47)66-45(58)25(4)11-2/h25-31,33-44,47-50,52-57H,10-24H2,1-9H3. The lowest BCUT2D eigenvalue weighted by Gasteiger charge is -2.49. The molecule has 23 atom stereocenters. The van der Waals surface area contributed by atoms with E-state index in [4.69, 9.17) is 52.1 Å². The minimum Gasteiger partial charge on any atom is -0.457 e. The number of aliphatic hydroxyl groups is 6. The summed E-state index contributed by atoms with van der Waals surface area (Å²) in [6.07, 6.45) is -16.8. The number of aliphatic hydroxyl groups excluding tert-OH is 6. The summed E-state index contributed by atoms with van der Waals surface area (Å²) >= 11 is 0. The number of hydrogen-bond acceptors (Lipinski definition) is 20. The van der Waals surface area contributed by atoms with Crippen molar-refractivity contribution in [3.8, 4) is 0 Å². The molecule has 0 radical (unpaired) electrons. The Balaban J connectivity index is 1.39. The van der Waals surface area contributed by atoms with Gasteiger partial charge in [-0.25, -0.2) is 0 Å². The molecule has 0 bridgehead atoms. The fourth-order valence-corrected chi connectivity index (χ4v) is 9.51. The summed E-state index contributed by atoms with van der Waals surface area (Å²) < 4.78 is 67.5. The SMILES string of the molecule is CCCCCC1CCCCCCCCCC(=O)OC2C(OC(C)C(OC3OC(C)C(OC4OC(C)C(OC(=O)C(C)CC)C(O)C4O)C(OC(=O)C(C)CC)C3O)C2O)OC2C(O1)OC(C)C(O)C2O. The van der Waals surface area contributed by atoms with Gasteiger partial charge in [-0.3, -0.25) is 14.4 Å². The molecule has 5 aliphatic heterocycles. The van der Waals surface area contributed by atoms with Crippen LogP contribution in [0.5, 0.6) is 0 Å². The molecule has 0 aromatic heterocycles. The molecule has 20 heteroatoms. The van der Waals surface area contributed by atoms with Crippen molar-refractivity contribution in [1.82, 2.24) is 0 Å². The van der Waals surface area contributed by atoms with Crippen molar-refractivity contribution in [2.45, 2.75) is 288 Å². The maximum Gasteiger partial charge on any atom is 0.309 e. The quantitative estimate of drug-likeness (QED) is 0.0824. The van der Waals surface area contributed by atoms with E-state index in [1.807, 2.05) is 6.92 Å². The second-order valence-corrected chi connectivity index (χ2v) is 20.2. The van der Waals surface area contributed by atoms with Crippen LogP contribution in [0.15, 0.2) is 0 Å². The molecule has 0 aromatic carbocycles. The molecular formula is C50H86O20. The average molecular weight is 1010 g/mol. The molecule has 5 saturated heterocycles. The Morgan fingerprint density at radius 1 is 0.543 bits per heavy atom. The zero-order chi connectivity index (χ0) is 51.4. The Bertz CT molecular complexity index is 1590. The highest BCUT2D eigenvalue weighted by Gasteiger charge is 2.56. The van der Waals surface area contributed by atoms with E-state index >= 15 is 0 Å². The topological polar surface area (TPSA) is 274 Å². The van der Waals surface area contributed by atoms with Gasteiger partial charge in [-0.15, -0.1) is 0 Å². The molecule has 5 heterocycles. The molecule has 6 N–H and O–H groups in total. The fourth-order valence-electron chi connectivity index (χ4n) is 9.51. The van der Waals surface area contributed by atoms with Crippen molar-refractivity contribution in [1.29, 1.82) is 0 Å². The third-order valence-corrected chi connectivity index (χ3v) is 14.6. The van der Waals surface area contributed by atoms with Crippen LogP contribution in [0, 0.1) is 11.8 Å². The van der Waals surface area contributed by atoms with Gasteiger partial charge in [0.05, 0.1) is 42.4 Å². The van der Waals surface area contributed by atoms with Gasteiger partial charge in [-0.05, 0) is 59.8 Å². The minimum absolute atomic E-state index is 0.0270. The number of ether oxygens (including phenoxy) is 11. The zero-order valence-electron chi connectivity index (χ0n) is 42.8. The summed E-state index contributed by atoms with van der Waals surface area (Å²) in [5.41, 5.74) is 0. The van der Waals surface area contributed by atoms with Crippen LogP contribution in [-0.4, -0.2) is 177 Å². The summed E-state index contributed by atoms with van der Waals surface area (Å²) in [6.45, 7) is 15.3. The number of fused-ring (bicyclic) bond motifs is 2. The first-order valence-corrected chi connectivity index (χ1v) is 26.2.